The number of carbonyl (C=O) groups is 1. The molecule has 0 saturated carbocycles. The van der Waals surface area contributed by atoms with Crippen molar-refractivity contribution in [1.82, 2.24) is 14.8 Å². The molecule has 2 aromatic heterocycles. The van der Waals surface area contributed by atoms with E-state index < -0.39 is 0 Å². The third-order valence-electron chi connectivity index (χ3n) is 6.03. The number of nitrogens with one attached hydrogen (secondary N) is 1. The number of rotatable bonds is 7. The fourth-order valence-corrected chi connectivity index (χ4v) is 5.31. The molecule has 182 valence electrons. The van der Waals surface area contributed by atoms with Crippen molar-refractivity contribution in [3.05, 3.63) is 53.2 Å². The number of thiazole rings is 1. The first-order valence-corrected chi connectivity index (χ1v) is 12.3. The molecule has 0 bridgehead atoms. The molecule has 0 aliphatic carbocycles. The molecule has 3 heterocycles. The van der Waals surface area contributed by atoms with Crippen molar-refractivity contribution in [1.29, 1.82) is 0 Å². The van der Waals surface area contributed by atoms with Gasteiger partial charge in [0.2, 0.25) is 11.0 Å². The molecular formula is C26H28N4O4S. The number of aryl methyl sites for hydroxylation is 1. The molecule has 1 amide bonds. The van der Waals surface area contributed by atoms with Crippen LogP contribution in [0.2, 0.25) is 0 Å². The van der Waals surface area contributed by atoms with Crippen molar-refractivity contribution < 1.29 is 19.0 Å². The second kappa shape index (κ2) is 9.22. The zero-order valence-corrected chi connectivity index (χ0v) is 21.2. The van der Waals surface area contributed by atoms with Gasteiger partial charge in [-0.15, -0.1) is 0 Å². The molecule has 1 aliphatic heterocycles. The highest BCUT2D eigenvalue weighted by molar-refractivity contribution is 7.20. The Morgan fingerprint density at radius 3 is 2.71 bits per heavy atom. The minimum absolute atomic E-state index is 0.0643. The van der Waals surface area contributed by atoms with Gasteiger partial charge in [0.25, 0.3) is 0 Å². The van der Waals surface area contributed by atoms with Gasteiger partial charge in [-0.3, -0.25) is 4.79 Å². The molecule has 0 spiro atoms. The van der Waals surface area contributed by atoms with Gasteiger partial charge in [0.05, 0.1) is 36.7 Å². The van der Waals surface area contributed by atoms with Crippen LogP contribution in [0.3, 0.4) is 0 Å². The molecule has 2 aromatic carbocycles. The van der Waals surface area contributed by atoms with Crippen LogP contribution in [-0.2, 0) is 4.79 Å². The molecular weight excluding hydrogens is 464 g/mol. The van der Waals surface area contributed by atoms with Crippen molar-refractivity contribution in [2.45, 2.75) is 33.1 Å². The topological polar surface area (TPSA) is 87.5 Å². The Morgan fingerprint density at radius 1 is 1.14 bits per heavy atom. The van der Waals surface area contributed by atoms with Gasteiger partial charge in [-0.25, -0.2) is 4.98 Å². The normalized spacial score (nSPS) is 15.3. The summed E-state index contributed by atoms with van der Waals surface area (Å²) in [5.41, 5.74) is 3.67. The molecule has 0 fully saturated rings. The van der Waals surface area contributed by atoms with Crippen molar-refractivity contribution in [3.63, 3.8) is 0 Å². The lowest BCUT2D eigenvalue weighted by molar-refractivity contribution is -0.116. The summed E-state index contributed by atoms with van der Waals surface area (Å²) in [5, 5.41) is 8.51. The van der Waals surface area contributed by atoms with Gasteiger partial charge in [-0.1, -0.05) is 31.3 Å². The predicted molar refractivity (Wildman–Crippen MR) is 136 cm³/mol. The van der Waals surface area contributed by atoms with Gasteiger partial charge in [0, 0.05) is 17.9 Å². The summed E-state index contributed by atoms with van der Waals surface area (Å²) >= 11 is 1.50. The third kappa shape index (κ3) is 4.32. The number of anilines is 1. The van der Waals surface area contributed by atoms with E-state index in [2.05, 4.69) is 19.2 Å². The maximum atomic E-state index is 12.8. The minimum atomic E-state index is -0.157. The van der Waals surface area contributed by atoms with Crippen molar-refractivity contribution >= 4 is 33.3 Å². The summed E-state index contributed by atoms with van der Waals surface area (Å²) in [7, 11) is 3.27. The number of ether oxygens (including phenoxy) is 3. The maximum absolute atomic E-state index is 12.8. The zero-order chi connectivity index (χ0) is 24.7. The van der Waals surface area contributed by atoms with E-state index >= 15 is 0 Å². The number of aromatic nitrogens is 3. The van der Waals surface area contributed by atoms with Gasteiger partial charge in [-0.2, -0.15) is 9.78 Å². The standard InChI is InChI=1S/C26H28N4O4S/c1-14(2)13-34-20-9-6-16(10-21(20)33-5)18-12-23(31)28-25-24(18)15(3)29-30(25)26-27-19-8-7-17(32-4)11-22(19)35-26/h6-11,14,18H,12-13H2,1-5H3,(H,28,31)/t18-/m1/s1. The molecule has 0 radical (unpaired) electrons. The van der Waals surface area contributed by atoms with E-state index in [9.17, 15) is 4.79 Å². The molecule has 0 unspecified atom stereocenters. The predicted octanol–water partition coefficient (Wildman–Crippen LogP) is 5.32. The lowest BCUT2D eigenvalue weighted by Gasteiger charge is -2.25. The lowest BCUT2D eigenvalue weighted by atomic mass is 9.85. The minimum Gasteiger partial charge on any atom is -0.497 e. The summed E-state index contributed by atoms with van der Waals surface area (Å²) in [6.07, 6.45) is 0.325. The number of amides is 1. The van der Waals surface area contributed by atoms with E-state index in [4.69, 9.17) is 24.3 Å². The number of hydrogen-bond donors (Lipinski definition) is 1. The number of benzene rings is 2. The van der Waals surface area contributed by atoms with Crippen LogP contribution in [0.1, 0.15) is 43.0 Å². The van der Waals surface area contributed by atoms with Crippen molar-refractivity contribution in [2.24, 2.45) is 5.92 Å². The molecule has 5 rings (SSSR count). The number of fused-ring (bicyclic) bond motifs is 2. The van der Waals surface area contributed by atoms with Gasteiger partial charge in [0.1, 0.15) is 11.6 Å². The molecule has 0 saturated heterocycles. The Labute approximate surface area is 207 Å². The van der Waals surface area contributed by atoms with Crippen LogP contribution in [0.5, 0.6) is 17.2 Å². The number of methoxy groups -OCH3 is 2. The van der Waals surface area contributed by atoms with Crippen LogP contribution in [0.15, 0.2) is 36.4 Å². The number of nitrogens with zero attached hydrogens (tertiary/aromatic N) is 3. The average molecular weight is 493 g/mol. The Kier molecular flexibility index (Phi) is 6.10. The molecule has 8 nitrogen and oxygen atoms in total. The van der Waals surface area contributed by atoms with Gasteiger partial charge < -0.3 is 19.5 Å². The molecule has 1 N–H and O–H groups in total. The number of hydrogen-bond acceptors (Lipinski definition) is 7. The largest absolute Gasteiger partial charge is 0.497 e. The fourth-order valence-electron chi connectivity index (χ4n) is 4.36. The molecule has 1 atom stereocenters. The highest BCUT2D eigenvalue weighted by Crippen LogP contribution is 2.43. The number of carbonyl (C=O) groups excluding carboxylic acids is 1. The summed E-state index contributed by atoms with van der Waals surface area (Å²) in [5.74, 6) is 2.97. The SMILES string of the molecule is COc1ccc2nc(-n3nc(C)c4c3NC(=O)C[C@@H]4c3ccc(OCC(C)C)c(OC)c3)sc2c1. The Morgan fingerprint density at radius 2 is 1.97 bits per heavy atom. The van der Waals surface area contributed by atoms with E-state index in [1.54, 1.807) is 18.9 Å². The van der Waals surface area contributed by atoms with Crippen LogP contribution in [0, 0.1) is 12.8 Å². The van der Waals surface area contributed by atoms with E-state index in [0.29, 0.717) is 41.4 Å². The van der Waals surface area contributed by atoms with Crippen molar-refractivity contribution in [3.8, 4) is 22.4 Å². The van der Waals surface area contributed by atoms with E-state index in [0.717, 1.165) is 32.8 Å². The first-order valence-electron chi connectivity index (χ1n) is 11.5. The fraction of sp³-hybridized carbons (Fsp3) is 0.346. The Hall–Kier alpha value is -3.59. The average Bonchev–Trinajstić information content (AvgIpc) is 3.42. The zero-order valence-electron chi connectivity index (χ0n) is 20.4. The van der Waals surface area contributed by atoms with Crippen molar-refractivity contribution in [2.75, 3.05) is 26.1 Å². The summed E-state index contributed by atoms with van der Waals surface area (Å²) in [4.78, 5) is 17.6. The lowest BCUT2D eigenvalue weighted by Crippen LogP contribution is -2.25. The van der Waals surface area contributed by atoms with Crippen LogP contribution in [-0.4, -0.2) is 41.5 Å². The summed E-state index contributed by atoms with van der Waals surface area (Å²) < 4.78 is 19.6. The molecule has 35 heavy (non-hydrogen) atoms. The first kappa shape index (κ1) is 23.2. The first-order chi connectivity index (χ1) is 16.9. The summed E-state index contributed by atoms with van der Waals surface area (Å²) in [6, 6.07) is 11.7. The molecule has 9 heteroatoms. The highest BCUT2D eigenvalue weighted by Gasteiger charge is 2.33. The van der Waals surface area contributed by atoms with Gasteiger partial charge in [-0.05, 0) is 48.7 Å². The Balaban J connectivity index is 1.56. The van der Waals surface area contributed by atoms with Crippen LogP contribution >= 0.6 is 11.3 Å². The molecule has 4 aromatic rings. The van der Waals surface area contributed by atoms with E-state index in [1.165, 1.54) is 11.3 Å². The van der Waals surface area contributed by atoms with Crippen LogP contribution < -0.4 is 19.5 Å². The van der Waals surface area contributed by atoms with Gasteiger partial charge in [0.15, 0.2) is 11.5 Å². The highest BCUT2D eigenvalue weighted by atomic mass is 32.1. The third-order valence-corrected chi connectivity index (χ3v) is 7.02. The van der Waals surface area contributed by atoms with E-state index in [-0.39, 0.29) is 11.8 Å². The van der Waals surface area contributed by atoms with Gasteiger partial charge >= 0.3 is 0 Å². The second-order valence-corrected chi connectivity index (χ2v) is 10.0. The van der Waals surface area contributed by atoms with E-state index in [1.807, 2.05) is 43.3 Å². The van der Waals surface area contributed by atoms with Crippen LogP contribution in [0.25, 0.3) is 15.3 Å². The molecule has 1 aliphatic rings. The quantitative estimate of drug-likeness (QED) is 0.376. The Bertz CT molecular complexity index is 1410. The monoisotopic (exact) mass is 492 g/mol. The smallest absolute Gasteiger partial charge is 0.226 e. The van der Waals surface area contributed by atoms with Crippen LogP contribution in [0.4, 0.5) is 5.82 Å². The maximum Gasteiger partial charge on any atom is 0.226 e. The summed E-state index contributed by atoms with van der Waals surface area (Å²) in [6.45, 7) is 6.77. The second-order valence-electron chi connectivity index (χ2n) is 9.01.